The maximum Gasteiger partial charge on any atom is 0.580 e. The van der Waals surface area contributed by atoms with E-state index in [9.17, 15) is 4.79 Å². The van der Waals surface area contributed by atoms with Crippen LogP contribution in [0, 0.1) is 0 Å². The lowest BCUT2D eigenvalue weighted by atomic mass is 10.9. The van der Waals surface area contributed by atoms with Crippen LogP contribution in [0.4, 0.5) is 0 Å². The zero-order valence-corrected chi connectivity index (χ0v) is 8.86. The van der Waals surface area contributed by atoms with E-state index >= 15 is 0 Å². The predicted molar refractivity (Wildman–Crippen MR) is 45.1 cm³/mol. The summed E-state index contributed by atoms with van der Waals surface area (Å²) in [7, 11) is 1.69. The van der Waals surface area contributed by atoms with Gasteiger partial charge in [-0.25, -0.2) is 0 Å². The Bertz CT molecular complexity index is 128. The van der Waals surface area contributed by atoms with Crippen molar-refractivity contribution in [2.75, 3.05) is 21.3 Å². The summed E-state index contributed by atoms with van der Waals surface area (Å²) in [5, 5.41) is -0.0674. The van der Waals surface area contributed by atoms with E-state index in [1.807, 2.05) is 0 Å². The van der Waals surface area contributed by atoms with Crippen molar-refractivity contribution in [3.63, 3.8) is 0 Å². The SMILES string of the molecule is CO[Si](OC)(OC)SC(C)=O. The molecular formula is C5H12O4SSi. The average molecular weight is 196 g/mol. The smallest absolute Gasteiger partial charge is 0.368 e. The molecule has 0 heterocycles. The van der Waals surface area contributed by atoms with Crippen molar-refractivity contribution < 1.29 is 18.1 Å². The molecule has 0 saturated carbocycles. The lowest BCUT2D eigenvalue weighted by Crippen LogP contribution is -2.40. The number of hydrogen-bond donors (Lipinski definition) is 0. The van der Waals surface area contributed by atoms with E-state index in [1.165, 1.54) is 28.3 Å². The minimum atomic E-state index is -2.71. The van der Waals surface area contributed by atoms with Crippen LogP contribution in [-0.2, 0) is 18.1 Å². The molecule has 0 N–H and O–H groups in total. The molecular weight excluding hydrogens is 184 g/mol. The lowest BCUT2D eigenvalue weighted by molar-refractivity contribution is -0.109. The van der Waals surface area contributed by atoms with Gasteiger partial charge in [0.2, 0.25) is 0 Å². The molecule has 11 heavy (non-hydrogen) atoms. The molecule has 0 atom stereocenters. The van der Waals surface area contributed by atoms with Crippen LogP contribution in [0.3, 0.4) is 0 Å². The van der Waals surface area contributed by atoms with Crippen molar-refractivity contribution in [1.29, 1.82) is 0 Å². The molecule has 0 radical (unpaired) electrons. The molecule has 4 nitrogen and oxygen atoms in total. The first-order valence-electron chi connectivity index (χ1n) is 2.95. The Balaban J connectivity index is 4.16. The fourth-order valence-electron chi connectivity index (χ4n) is 0.551. The van der Waals surface area contributed by atoms with Crippen LogP contribution in [0.25, 0.3) is 0 Å². The van der Waals surface area contributed by atoms with Crippen molar-refractivity contribution >= 4 is 24.3 Å². The summed E-state index contributed by atoms with van der Waals surface area (Å²) in [4.78, 5) is 10.7. The van der Waals surface area contributed by atoms with Gasteiger partial charge in [-0.2, -0.15) is 0 Å². The van der Waals surface area contributed by atoms with E-state index < -0.39 is 7.95 Å². The third-order valence-corrected chi connectivity index (χ3v) is 6.17. The van der Waals surface area contributed by atoms with Crippen molar-refractivity contribution in [1.82, 2.24) is 0 Å². The fourth-order valence-corrected chi connectivity index (χ4v) is 3.46. The minimum absolute atomic E-state index is 0.0674. The van der Waals surface area contributed by atoms with Crippen LogP contribution in [0.15, 0.2) is 0 Å². The van der Waals surface area contributed by atoms with Crippen LogP contribution in [0.1, 0.15) is 6.92 Å². The van der Waals surface area contributed by atoms with E-state index in [1.54, 1.807) is 0 Å². The van der Waals surface area contributed by atoms with Gasteiger partial charge in [0.1, 0.15) is 0 Å². The van der Waals surface area contributed by atoms with Gasteiger partial charge in [-0.3, -0.25) is 4.79 Å². The Hall–Kier alpha value is 0.117. The molecule has 0 bridgehead atoms. The van der Waals surface area contributed by atoms with Gasteiger partial charge in [0.25, 0.3) is 0 Å². The van der Waals surface area contributed by atoms with E-state index in [0.29, 0.717) is 0 Å². The summed E-state index contributed by atoms with van der Waals surface area (Å²) in [5.74, 6) is 0. The molecule has 0 amide bonds. The standard InChI is InChI=1S/C5H12O4SSi/c1-5(6)10-11(7-2,8-3)9-4/h1-4H3. The second kappa shape index (κ2) is 4.89. The summed E-state index contributed by atoms with van der Waals surface area (Å²) in [6.45, 7) is 1.45. The van der Waals surface area contributed by atoms with Gasteiger partial charge < -0.3 is 13.3 Å². The molecule has 0 aromatic carbocycles. The third kappa shape index (κ3) is 3.34. The second-order valence-corrected chi connectivity index (χ2v) is 6.82. The van der Waals surface area contributed by atoms with Gasteiger partial charge in [-0.05, 0) is 11.2 Å². The van der Waals surface area contributed by atoms with Gasteiger partial charge >= 0.3 is 7.95 Å². The molecule has 0 saturated heterocycles. The summed E-state index contributed by atoms with van der Waals surface area (Å²) in [6.07, 6.45) is 0. The first kappa shape index (κ1) is 11.1. The average Bonchev–Trinajstić information content (AvgIpc) is 2.00. The highest BCUT2D eigenvalue weighted by Crippen LogP contribution is 2.22. The number of hydrogen-bond acceptors (Lipinski definition) is 5. The maximum absolute atomic E-state index is 10.7. The Morgan fingerprint density at radius 3 is 1.64 bits per heavy atom. The van der Waals surface area contributed by atoms with Crippen molar-refractivity contribution in [3.05, 3.63) is 0 Å². The summed E-state index contributed by atoms with van der Waals surface area (Å²) >= 11 is 0.980. The van der Waals surface area contributed by atoms with E-state index in [-0.39, 0.29) is 5.12 Å². The highest BCUT2D eigenvalue weighted by atomic mass is 32.4. The normalized spacial score (nSPS) is 11.6. The van der Waals surface area contributed by atoms with E-state index in [0.717, 1.165) is 11.2 Å². The van der Waals surface area contributed by atoms with Gasteiger partial charge in [0.15, 0.2) is 5.12 Å². The van der Waals surface area contributed by atoms with Crippen LogP contribution in [-0.4, -0.2) is 34.4 Å². The predicted octanol–water partition coefficient (Wildman–Crippen LogP) is 0.641. The quantitative estimate of drug-likeness (QED) is 0.617. The third-order valence-electron chi connectivity index (χ3n) is 1.02. The van der Waals surface area contributed by atoms with Crippen LogP contribution in [0.2, 0.25) is 0 Å². The summed E-state index contributed by atoms with van der Waals surface area (Å²) < 4.78 is 15.0. The first-order valence-corrected chi connectivity index (χ1v) is 6.22. The zero-order chi connectivity index (χ0) is 8.91. The first-order chi connectivity index (χ1) is 5.10. The van der Waals surface area contributed by atoms with Gasteiger partial charge in [-0.1, -0.05) is 0 Å². The van der Waals surface area contributed by atoms with Gasteiger partial charge in [0, 0.05) is 28.3 Å². The van der Waals surface area contributed by atoms with E-state index in [2.05, 4.69) is 0 Å². The molecule has 0 aromatic heterocycles. The lowest BCUT2D eigenvalue weighted by Gasteiger charge is -2.21. The molecule has 66 valence electrons. The van der Waals surface area contributed by atoms with Crippen LogP contribution >= 0.6 is 11.2 Å². The van der Waals surface area contributed by atoms with Crippen molar-refractivity contribution in [3.8, 4) is 0 Å². The molecule has 0 fully saturated rings. The van der Waals surface area contributed by atoms with Crippen LogP contribution < -0.4 is 0 Å². The highest BCUT2D eigenvalue weighted by Gasteiger charge is 2.41. The van der Waals surface area contributed by atoms with Crippen LogP contribution in [0.5, 0.6) is 0 Å². The highest BCUT2D eigenvalue weighted by molar-refractivity contribution is 8.37. The van der Waals surface area contributed by atoms with Crippen molar-refractivity contribution in [2.24, 2.45) is 0 Å². The Kier molecular flexibility index (Phi) is 4.94. The molecule has 0 aliphatic carbocycles. The molecule has 0 spiro atoms. The van der Waals surface area contributed by atoms with E-state index in [4.69, 9.17) is 13.3 Å². The summed E-state index contributed by atoms with van der Waals surface area (Å²) in [5.41, 5.74) is 0. The van der Waals surface area contributed by atoms with Gasteiger partial charge in [0.05, 0.1) is 0 Å². The number of rotatable bonds is 4. The zero-order valence-electron chi connectivity index (χ0n) is 7.04. The Labute approximate surface area is 71.2 Å². The Morgan fingerprint density at radius 1 is 1.18 bits per heavy atom. The summed E-state index contributed by atoms with van der Waals surface area (Å²) in [6, 6.07) is 0. The van der Waals surface area contributed by atoms with Gasteiger partial charge in [-0.15, -0.1) is 0 Å². The molecule has 0 rings (SSSR count). The monoisotopic (exact) mass is 196 g/mol. The Morgan fingerprint density at radius 2 is 1.55 bits per heavy atom. The molecule has 0 aromatic rings. The number of carbonyl (C=O) groups excluding carboxylic acids is 1. The maximum atomic E-state index is 10.7. The molecule has 0 unspecified atom stereocenters. The van der Waals surface area contributed by atoms with Crippen molar-refractivity contribution in [2.45, 2.75) is 6.92 Å². The molecule has 0 aliphatic heterocycles. The number of carbonyl (C=O) groups is 1. The minimum Gasteiger partial charge on any atom is -0.368 e. The second-order valence-electron chi connectivity index (χ2n) is 1.71. The largest absolute Gasteiger partial charge is 0.580 e. The fraction of sp³-hybridized carbons (Fsp3) is 0.800. The molecule has 0 aliphatic rings. The topological polar surface area (TPSA) is 44.8 Å². The molecule has 6 heteroatoms.